The van der Waals surface area contributed by atoms with Crippen molar-refractivity contribution in [3.8, 4) is 0 Å². The van der Waals surface area contributed by atoms with Gasteiger partial charge in [0.05, 0.1) is 11.2 Å². The predicted octanol–water partition coefficient (Wildman–Crippen LogP) is 4.52. The van der Waals surface area contributed by atoms with Gasteiger partial charge in [-0.25, -0.2) is 4.79 Å². The minimum Gasteiger partial charge on any atom is -0.445 e. The van der Waals surface area contributed by atoms with Crippen molar-refractivity contribution in [2.75, 3.05) is 12.3 Å². The van der Waals surface area contributed by atoms with Crippen LogP contribution in [0.3, 0.4) is 0 Å². The number of aryl methyl sites for hydroxylation is 1. The first kappa shape index (κ1) is 22.9. The summed E-state index contributed by atoms with van der Waals surface area (Å²) in [5, 5.41) is 2.81. The second-order valence-corrected chi connectivity index (χ2v) is 8.80. The standard InChI is InChI=1S/C24H31BN2O4/c1-17-10-9-13-21(26)20(17)14-19(25-30-23(2,3)24(4,5)31-25)15-27-22(28)29-16-18-11-7-6-8-12-18/h6-14H,15-16,26H2,1-5H3,(H,27,28). The molecule has 1 aliphatic heterocycles. The average molecular weight is 422 g/mol. The van der Waals surface area contributed by atoms with Crippen molar-refractivity contribution in [3.63, 3.8) is 0 Å². The second-order valence-electron chi connectivity index (χ2n) is 8.80. The molecule has 7 heteroatoms. The van der Waals surface area contributed by atoms with E-state index in [1.54, 1.807) is 0 Å². The zero-order chi connectivity index (χ0) is 22.6. The van der Waals surface area contributed by atoms with Gasteiger partial charge in [-0.1, -0.05) is 48.5 Å². The molecule has 0 radical (unpaired) electrons. The number of nitrogen functional groups attached to an aromatic ring is 1. The number of rotatable bonds is 6. The lowest BCUT2D eigenvalue weighted by atomic mass is 9.76. The Hall–Kier alpha value is -2.77. The molecule has 164 valence electrons. The Bertz CT molecular complexity index is 921. The third-order valence-corrected chi connectivity index (χ3v) is 5.89. The summed E-state index contributed by atoms with van der Waals surface area (Å²) in [4.78, 5) is 12.3. The largest absolute Gasteiger partial charge is 0.492 e. The highest BCUT2D eigenvalue weighted by molar-refractivity contribution is 6.56. The quantitative estimate of drug-likeness (QED) is 0.529. The van der Waals surface area contributed by atoms with E-state index < -0.39 is 24.4 Å². The second kappa shape index (κ2) is 9.16. The average Bonchev–Trinajstić information content (AvgIpc) is 2.93. The number of amides is 1. The zero-order valence-corrected chi connectivity index (χ0v) is 18.9. The van der Waals surface area contributed by atoms with E-state index in [0.717, 1.165) is 22.2 Å². The van der Waals surface area contributed by atoms with Crippen LogP contribution in [0.25, 0.3) is 6.08 Å². The molecule has 0 atom stereocenters. The number of hydrogen-bond donors (Lipinski definition) is 2. The van der Waals surface area contributed by atoms with Gasteiger partial charge in [-0.15, -0.1) is 0 Å². The topological polar surface area (TPSA) is 82.8 Å². The van der Waals surface area contributed by atoms with Crippen molar-refractivity contribution in [2.24, 2.45) is 0 Å². The molecule has 0 aromatic heterocycles. The summed E-state index contributed by atoms with van der Waals surface area (Å²) in [7, 11) is -0.613. The lowest BCUT2D eigenvalue weighted by Gasteiger charge is -2.32. The number of nitrogens with two attached hydrogens (primary N) is 1. The molecule has 1 fully saturated rings. The number of nitrogens with one attached hydrogen (secondary N) is 1. The number of ether oxygens (including phenoxy) is 1. The summed E-state index contributed by atoms with van der Waals surface area (Å²) >= 11 is 0. The minimum atomic E-state index is -0.613. The summed E-state index contributed by atoms with van der Waals surface area (Å²) in [6.07, 6.45) is 1.42. The van der Waals surface area contributed by atoms with Crippen LogP contribution in [0.5, 0.6) is 0 Å². The zero-order valence-electron chi connectivity index (χ0n) is 18.9. The number of benzene rings is 2. The van der Waals surface area contributed by atoms with Gasteiger partial charge in [0.1, 0.15) is 6.61 Å². The van der Waals surface area contributed by atoms with Crippen LogP contribution in [-0.2, 0) is 20.7 Å². The highest BCUT2D eigenvalue weighted by atomic mass is 16.7. The number of carbonyl (C=O) groups excluding carboxylic acids is 1. The normalized spacial score (nSPS) is 17.5. The molecule has 31 heavy (non-hydrogen) atoms. The molecule has 6 nitrogen and oxygen atoms in total. The summed E-state index contributed by atoms with van der Waals surface area (Å²) in [5.74, 6) is 0. The van der Waals surface area contributed by atoms with Gasteiger partial charge >= 0.3 is 13.2 Å². The lowest BCUT2D eigenvalue weighted by Crippen LogP contribution is -2.41. The molecule has 1 amide bonds. The molecule has 0 aliphatic carbocycles. The molecular formula is C24H31BN2O4. The van der Waals surface area contributed by atoms with Crippen LogP contribution in [0.1, 0.15) is 44.4 Å². The number of carbonyl (C=O) groups is 1. The van der Waals surface area contributed by atoms with Crippen molar-refractivity contribution >= 4 is 25.0 Å². The Balaban J connectivity index is 1.77. The maximum Gasteiger partial charge on any atom is 0.492 e. The van der Waals surface area contributed by atoms with Crippen molar-refractivity contribution in [2.45, 2.75) is 52.4 Å². The highest BCUT2D eigenvalue weighted by Gasteiger charge is 2.52. The van der Waals surface area contributed by atoms with E-state index in [2.05, 4.69) is 5.32 Å². The Morgan fingerprint density at radius 2 is 1.71 bits per heavy atom. The molecule has 0 unspecified atom stereocenters. The fraction of sp³-hybridized carbons (Fsp3) is 0.375. The summed E-state index contributed by atoms with van der Waals surface area (Å²) in [5.41, 5.74) is 9.46. The fourth-order valence-electron chi connectivity index (χ4n) is 3.23. The van der Waals surface area contributed by atoms with Gasteiger partial charge in [0.25, 0.3) is 0 Å². The highest BCUT2D eigenvalue weighted by Crippen LogP contribution is 2.39. The van der Waals surface area contributed by atoms with E-state index in [1.165, 1.54) is 0 Å². The van der Waals surface area contributed by atoms with Crippen LogP contribution in [0.15, 0.2) is 54.0 Å². The van der Waals surface area contributed by atoms with E-state index in [0.29, 0.717) is 5.69 Å². The van der Waals surface area contributed by atoms with Gasteiger partial charge in [0, 0.05) is 12.2 Å². The summed E-state index contributed by atoms with van der Waals surface area (Å²) in [6, 6.07) is 15.3. The maximum absolute atomic E-state index is 12.3. The number of alkyl carbamates (subject to hydrolysis) is 1. The number of hydrogen-bond acceptors (Lipinski definition) is 5. The predicted molar refractivity (Wildman–Crippen MR) is 124 cm³/mol. The van der Waals surface area contributed by atoms with Gasteiger partial charge < -0.3 is 25.1 Å². The van der Waals surface area contributed by atoms with E-state index in [-0.39, 0.29) is 13.2 Å². The Labute approximate surface area is 184 Å². The van der Waals surface area contributed by atoms with Gasteiger partial charge in [-0.05, 0) is 62.8 Å². The van der Waals surface area contributed by atoms with Crippen LogP contribution in [-0.4, -0.2) is 31.0 Å². The van der Waals surface area contributed by atoms with Crippen LogP contribution < -0.4 is 11.1 Å². The van der Waals surface area contributed by atoms with Crippen molar-refractivity contribution in [1.82, 2.24) is 5.32 Å². The summed E-state index contributed by atoms with van der Waals surface area (Å²) in [6.45, 7) is 10.4. The Kier molecular flexibility index (Phi) is 6.77. The smallest absolute Gasteiger partial charge is 0.445 e. The van der Waals surface area contributed by atoms with Crippen LogP contribution in [0, 0.1) is 6.92 Å². The van der Waals surface area contributed by atoms with Gasteiger partial charge in [-0.2, -0.15) is 0 Å². The van der Waals surface area contributed by atoms with Crippen molar-refractivity contribution < 1.29 is 18.8 Å². The minimum absolute atomic E-state index is 0.201. The van der Waals surface area contributed by atoms with E-state index in [9.17, 15) is 4.79 Å². The molecule has 2 aromatic carbocycles. The van der Waals surface area contributed by atoms with Crippen molar-refractivity contribution in [3.05, 3.63) is 70.7 Å². The van der Waals surface area contributed by atoms with Gasteiger partial charge in [-0.3, -0.25) is 0 Å². The molecule has 0 saturated carbocycles. The Morgan fingerprint density at radius 1 is 1.06 bits per heavy atom. The lowest BCUT2D eigenvalue weighted by molar-refractivity contribution is 0.00578. The van der Waals surface area contributed by atoms with Gasteiger partial charge in [0.15, 0.2) is 0 Å². The van der Waals surface area contributed by atoms with E-state index in [1.807, 2.05) is 89.2 Å². The molecule has 1 heterocycles. The van der Waals surface area contributed by atoms with Crippen LogP contribution in [0.4, 0.5) is 10.5 Å². The molecule has 3 N–H and O–H groups in total. The molecular weight excluding hydrogens is 391 g/mol. The molecule has 1 aliphatic rings. The van der Waals surface area contributed by atoms with E-state index in [4.69, 9.17) is 19.8 Å². The maximum atomic E-state index is 12.3. The van der Waals surface area contributed by atoms with E-state index >= 15 is 0 Å². The third-order valence-electron chi connectivity index (χ3n) is 5.89. The molecule has 3 rings (SSSR count). The van der Waals surface area contributed by atoms with Crippen molar-refractivity contribution in [1.29, 1.82) is 0 Å². The molecule has 0 spiro atoms. The molecule has 0 bridgehead atoms. The first-order chi connectivity index (χ1) is 14.6. The molecule has 1 saturated heterocycles. The monoisotopic (exact) mass is 422 g/mol. The summed E-state index contributed by atoms with van der Waals surface area (Å²) < 4.78 is 17.8. The first-order valence-electron chi connectivity index (χ1n) is 10.4. The molecule has 2 aromatic rings. The first-order valence-corrected chi connectivity index (χ1v) is 10.4. The number of anilines is 1. The fourth-order valence-corrected chi connectivity index (χ4v) is 3.23. The third kappa shape index (κ3) is 5.48. The van der Waals surface area contributed by atoms with Gasteiger partial charge in [0.2, 0.25) is 0 Å². The SMILES string of the molecule is Cc1cccc(N)c1C=C(CNC(=O)OCc1ccccc1)B1OC(C)(C)C(C)(C)O1. The van der Waals surface area contributed by atoms with Crippen LogP contribution >= 0.6 is 0 Å². The Morgan fingerprint density at radius 3 is 2.32 bits per heavy atom. The van der Waals surface area contributed by atoms with Crippen LogP contribution in [0.2, 0.25) is 0 Å².